The molecule has 0 fully saturated rings. The number of amides is 1. The Hall–Kier alpha value is -3.93. The topological polar surface area (TPSA) is 64.2 Å². The molecule has 3 heterocycles. The molecule has 5 rings (SSSR count). The van der Waals surface area contributed by atoms with E-state index in [1.165, 1.54) is 0 Å². The quantitative estimate of drug-likeness (QED) is 0.513. The number of para-hydroxylation sites is 1. The maximum absolute atomic E-state index is 12.7. The third kappa shape index (κ3) is 3.14. The van der Waals surface area contributed by atoms with E-state index in [9.17, 15) is 4.79 Å². The third-order valence-corrected chi connectivity index (χ3v) is 4.94. The van der Waals surface area contributed by atoms with E-state index in [2.05, 4.69) is 19.9 Å². The Labute approximate surface area is 167 Å². The molecular weight excluding hydrogens is 362 g/mol. The number of aromatic nitrogens is 4. The maximum atomic E-state index is 12.7. The van der Waals surface area contributed by atoms with Crippen molar-refractivity contribution in [2.24, 2.45) is 0 Å². The number of rotatable bonds is 4. The molecule has 0 bridgehead atoms. The van der Waals surface area contributed by atoms with Gasteiger partial charge < -0.3 is 9.72 Å². The van der Waals surface area contributed by atoms with E-state index in [-0.39, 0.29) is 5.91 Å². The summed E-state index contributed by atoms with van der Waals surface area (Å²) >= 11 is 0. The molecule has 0 aliphatic carbocycles. The fraction of sp³-hybridized carbons (Fsp3) is 0.0870. The van der Waals surface area contributed by atoms with Crippen LogP contribution in [0, 0.1) is 6.92 Å². The highest BCUT2D eigenvalue weighted by molar-refractivity contribution is 5.97. The number of fused-ring (bicyclic) bond motifs is 2. The zero-order chi connectivity index (χ0) is 19.8. The van der Waals surface area contributed by atoms with Gasteiger partial charge in [-0.15, -0.1) is 0 Å². The Morgan fingerprint density at radius 1 is 1.00 bits per heavy atom. The summed E-state index contributed by atoms with van der Waals surface area (Å²) in [5.74, 6) is 0.740. The molecule has 0 unspecified atom stereocenters. The number of nitrogens with one attached hydrogen (secondary N) is 1. The Balaban J connectivity index is 1.39. The molecule has 0 atom stereocenters. The Morgan fingerprint density at radius 2 is 1.83 bits per heavy atom. The molecule has 2 aromatic carbocycles. The summed E-state index contributed by atoms with van der Waals surface area (Å²) in [6, 6.07) is 21.5. The number of imidazole rings is 2. The number of benzene rings is 2. The standard InChI is InChI=1S/C23H19N5O/c1-16-25-20-13-17(10-11-21(20)28(16)19-7-3-2-4-8-19)23(29)24-14-18-15-27-12-6-5-9-22(27)26-18/h2-13,15H,14H2,1H3,(H,24,29). The fourth-order valence-corrected chi connectivity index (χ4v) is 3.59. The zero-order valence-electron chi connectivity index (χ0n) is 15.9. The summed E-state index contributed by atoms with van der Waals surface area (Å²) in [4.78, 5) is 21.8. The van der Waals surface area contributed by atoms with Gasteiger partial charge in [0.2, 0.25) is 0 Å². The van der Waals surface area contributed by atoms with Crippen LogP contribution in [-0.4, -0.2) is 24.8 Å². The van der Waals surface area contributed by atoms with Crippen molar-refractivity contribution < 1.29 is 4.79 Å². The fourth-order valence-electron chi connectivity index (χ4n) is 3.59. The van der Waals surface area contributed by atoms with Crippen LogP contribution in [0.15, 0.2) is 79.1 Å². The van der Waals surface area contributed by atoms with Gasteiger partial charge in [-0.3, -0.25) is 9.36 Å². The molecule has 0 aliphatic heterocycles. The lowest BCUT2D eigenvalue weighted by Gasteiger charge is -2.07. The van der Waals surface area contributed by atoms with Crippen molar-refractivity contribution in [3.63, 3.8) is 0 Å². The van der Waals surface area contributed by atoms with E-state index in [1.807, 2.05) is 90.4 Å². The van der Waals surface area contributed by atoms with Gasteiger partial charge in [0.25, 0.3) is 5.91 Å². The minimum Gasteiger partial charge on any atom is -0.346 e. The molecule has 6 nitrogen and oxygen atoms in total. The number of nitrogens with zero attached hydrogens (tertiary/aromatic N) is 4. The minimum absolute atomic E-state index is 0.143. The predicted molar refractivity (Wildman–Crippen MR) is 112 cm³/mol. The van der Waals surface area contributed by atoms with Crippen LogP contribution in [0.4, 0.5) is 0 Å². The van der Waals surface area contributed by atoms with E-state index in [0.717, 1.165) is 33.9 Å². The number of hydrogen-bond donors (Lipinski definition) is 1. The second-order valence-corrected chi connectivity index (χ2v) is 6.91. The lowest BCUT2D eigenvalue weighted by atomic mass is 10.2. The average molecular weight is 381 g/mol. The third-order valence-electron chi connectivity index (χ3n) is 4.94. The van der Waals surface area contributed by atoms with Gasteiger partial charge in [0.05, 0.1) is 23.3 Å². The minimum atomic E-state index is -0.143. The first-order valence-corrected chi connectivity index (χ1v) is 9.44. The van der Waals surface area contributed by atoms with Crippen molar-refractivity contribution in [2.45, 2.75) is 13.5 Å². The van der Waals surface area contributed by atoms with Crippen LogP contribution in [0.1, 0.15) is 21.9 Å². The predicted octanol–water partition coefficient (Wildman–Crippen LogP) is 3.91. The van der Waals surface area contributed by atoms with E-state index in [0.29, 0.717) is 12.1 Å². The van der Waals surface area contributed by atoms with Crippen LogP contribution in [0.3, 0.4) is 0 Å². The summed E-state index contributed by atoms with van der Waals surface area (Å²) in [7, 11) is 0. The van der Waals surface area contributed by atoms with Gasteiger partial charge in [0, 0.05) is 23.6 Å². The molecule has 0 aliphatic rings. The Morgan fingerprint density at radius 3 is 2.66 bits per heavy atom. The van der Waals surface area contributed by atoms with Crippen LogP contribution in [-0.2, 0) is 6.54 Å². The molecule has 1 N–H and O–H groups in total. The van der Waals surface area contributed by atoms with Gasteiger partial charge in [-0.1, -0.05) is 24.3 Å². The normalized spacial score (nSPS) is 11.2. The number of pyridine rings is 1. The number of aryl methyl sites for hydroxylation is 1. The Bertz CT molecular complexity index is 1300. The largest absolute Gasteiger partial charge is 0.346 e. The second kappa shape index (κ2) is 6.91. The van der Waals surface area contributed by atoms with Gasteiger partial charge in [-0.05, 0) is 49.4 Å². The first-order chi connectivity index (χ1) is 14.2. The highest BCUT2D eigenvalue weighted by Gasteiger charge is 2.13. The van der Waals surface area contributed by atoms with Crippen LogP contribution < -0.4 is 5.32 Å². The molecule has 0 spiro atoms. The van der Waals surface area contributed by atoms with Crippen LogP contribution in [0.25, 0.3) is 22.4 Å². The highest BCUT2D eigenvalue weighted by atomic mass is 16.1. The van der Waals surface area contributed by atoms with Gasteiger partial charge in [0.1, 0.15) is 11.5 Å². The van der Waals surface area contributed by atoms with Crippen LogP contribution in [0.5, 0.6) is 0 Å². The van der Waals surface area contributed by atoms with E-state index in [4.69, 9.17) is 0 Å². The van der Waals surface area contributed by atoms with Crippen molar-refractivity contribution in [1.82, 2.24) is 24.3 Å². The molecule has 0 saturated carbocycles. The smallest absolute Gasteiger partial charge is 0.251 e. The first kappa shape index (κ1) is 17.2. The molecule has 0 radical (unpaired) electrons. The van der Waals surface area contributed by atoms with Crippen molar-refractivity contribution in [3.8, 4) is 5.69 Å². The van der Waals surface area contributed by atoms with Gasteiger partial charge >= 0.3 is 0 Å². The zero-order valence-corrected chi connectivity index (χ0v) is 15.9. The maximum Gasteiger partial charge on any atom is 0.251 e. The summed E-state index contributed by atoms with van der Waals surface area (Å²) in [6.45, 7) is 2.34. The summed E-state index contributed by atoms with van der Waals surface area (Å²) in [5, 5.41) is 2.94. The van der Waals surface area contributed by atoms with Gasteiger partial charge in [-0.25, -0.2) is 9.97 Å². The summed E-state index contributed by atoms with van der Waals surface area (Å²) in [5.41, 5.74) is 5.09. The Kier molecular flexibility index (Phi) is 4.09. The lowest BCUT2D eigenvalue weighted by Crippen LogP contribution is -2.22. The van der Waals surface area contributed by atoms with E-state index in [1.54, 1.807) is 0 Å². The van der Waals surface area contributed by atoms with Gasteiger partial charge in [-0.2, -0.15) is 0 Å². The van der Waals surface area contributed by atoms with Crippen molar-refractivity contribution in [3.05, 3.63) is 96.2 Å². The molecule has 0 saturated heterocycles. The van der Waals surface area contributed by atoms with Gasteiger partial charge in [0.15, 0.2) is 0 Å². The molecule has 1 amide bonds. The van der Waals surface area contributed by atoms with Crippen LogP contribution >= 0.6 is 0 Å². The van der Waals surface area contributed by atoms with Crippen molar-refractivity contribution in [2.75, 3.05) is 0 Å². The monoisotopic (exact) mass is 381 g/mol. The van der Waals surface area contributed by atoms with E-state index < -0.39 is 0 Å². The molecule has 3 aromatic heterocycles. The lowest BCUT2D eigenvalue weighted by molar-refractivity contribution is 0.0950. The molecular formula is C23H19N5O. The summed E-state index contributed by atoms with van der Waals surface area (Å²) < 4.78 is 4.03. The molecule has 29 heavy (non-hydrogen) atoms. The molecule has 5 aromatic rings. The van der Waals surface area contributed by atoms with Crippen molar-refractivity contribution >= 4 is 22.6 Å². The number of carbonyl (C=O) groups is 1. The van der Waals surface area contributed by atoms with Crippen LogP contribution in [0.2, 0.25) is 0 Å². The molecule has 6 heteroatoms. The number of hydrogen-bond acceptors (Lipinski definition) is 3. The van der Waals surface area contributed by atoms with E-state index >= 15 is 0 Å². The van der Waals surface area contributed by atoms with Crippen molar-refractivity contribution in [1.29, 1.82) is 0 Å². The highest BCUT2D eigenvalue weighted by Crippen LogP contribution is 2.22. The average Bonchev–Trinajstić information content (AvgIpc) is 3.31. The summed E-state index contributed by atoms with van der Waals surface area (Å²) in [6.07, 6.45) is 3.86. The second-order valence-electron chi connectivity index (χ2n) is 6.91. The first-order valence-electron chi connectivity index (χ1n) is 9.44. The SMILES string of the molecule is Cc1nc2cc(C(=O)NCc3cn4ccccc4n3)ccc2n1-c1ccccc1. The number of carbonyl (C=O) groups excluding carboxylic acids is 1. The molecule has 142 valence electrons.